The molecule has 0 aliphatic rings. The van der Waals surface area contributed by atoms with E-state index in [9.17, 15) is 22.8 Å². The number of nitrogens with zero attached hydrogens (tertiary/aromatic N) is 4. The number of benzene rings is 1. The number of hydrogen-bond acceptors (Lipinski definition) is 4. The first-order chi connectivity index (χ1) is 14.3. The van der Waals surface area contributed by atoms with Gasteiger partial charge in [0.2, 0.25) is 0 Å². The zero-order chi connectivity index (χ0) is 23.1. The zero-order valence-electron chi connectivity index (χ0n) is 16.7. The first-order valence-electron chi connectivity index (χ1n) is 9.01. The number of halogens is 5. The van der Waals surface area contributed by atoms with Crippen molar-refractivity contribution in [3.8, 4) is 17.2 Å². The second kappa shape index (κ2) is 8.12. The molecule has 0 fully saturated rings. The fourth-order valence-corrected chi connectivity index (χ4v) is 3.11. The van der Waals surface area contributed by atoms with Gasteiger partial charge in [-0.1, -0.05) is 44.0 Å². The second-order valence-electron chi connectivity index (χ2n) is 7.80. The van der Waals surface area contributed by atoms with Gasteiger partial charge in [-0.15, -0.1) is 5.10 Å². The lowest BCUT2D eigenvalue weighted by molar-refractivity contribution is -0.137. The van der Waals surface area contributed by atoms with E-state index < -0.39 is 22.8 Å². The second-order valence-corrected chi connectivity index (χ2v) is 8.64. The molecule has 0 N–H and O–H groups in total. The van der Waals surface area contributed by atoms with Crippen LogP contribution in [0.3, 0.4) is 0 Å². The van der Waals surface area contributed by atoms with Crippen molar-refractivity contribution in [2.45, 2.75) is 33.5 Å². The number of hydrogen-bond donors (Lipinski definition) is 0. The van der Waals surface area contributed by atoms with E-state index >= 15 is 0 Å². The molecule has 2 aromatic heterocycles. The predicted octanol–water partition coefficient (Wildman–Crippen LogP) is 5.04. The largest absolute Gasteiger partial charge is 0.416 e. The van der Waals surface area contributed by atoms with Crippen LogP contribution in [0.25, 0.3) is 17.2 Å². The molecule has 31 heavy (non-hydrogen) atoms. The Labute approximate surface area is 185 Å². The molecule has 0 unspecified atom stereocenters. The van der Waals surface area contributed by atoms with Gasteiger partial charge < -0.3 is 0 Å². The minimum atomic E-state index is -4.53. The van der Waals surface area contributed by atoms with Crippen molar-refractivity contribution in [2.75, 3.05) is 0 Å². The van der Waals surface area contributed by atoms with E-state index in [-0.39, 0.29) is 39.6 Å². The molecule has 0 spiro atoms. The van der Waals surface area contributed by atoms with Crippen molar-refractivity contribution in [1.29, 1.82) is 0 Å². The normalized spacial score (nSPS) is 12.3. The van der Waals surface area contributed by atoms with E-state index in [1.807, 2.05) is 0 Å². The number of ketones is 1. The molecular formula is C20H17Cl2F3N4O2. The Hall–Kier alpha value is -2.65. The van der Waals surface area contributed by atoms with Gasteiger partial charge in [-0.05, 0) is 30.3 Å². The fourth-order valence-electron chi connectivity index (χ4n) is 2.65. The van der Waals surface area contributed by atoms with Gasteiger partial charge in [0.05, 0.1) is 21.3 Å². The van der Waals surface area contributed by atoms with Crippen LogP contribution in [-0.2, 0) is 17.5 Å². The molecule has 164 valence electrons. The molecule has 1 aromatic carbocycles. The van der Waals surface area contributed by atoms with Gasteiger partial charge in [0.15, 0.2) is 11.6 Å². The summed E-state index contributed by atoms with van der Waals surface area (Å²) < 4.78 is 40.8. The van der Waals surface area contributed by atoms with Crippen LogP contribution in [0.1, 0.15) is 26.3 Å². The first-order valence-corrected chi connectivity index (χ1v) is 9.77. The van der Waals surface area contributed by atoms with Crippen molar-refractivity contribution in [3.05, 3.63) is 62.6 Å². The maximum atomic E-state index is 13.1. The smallest absolute Gasteiger partial charge is 0.297 e. The minimum absolute atomic E-state index is 0.0341. The summed E-state index contributed by atoms with van der Waals surface area (Å²) in [7, 11) is 0. The molecule has 0 saturated carbocycles. The number of rotatable bonds is 4. The maximum absolute atomic E-state index is 13.1. The maximum Gasteiger partial charge on any atom is 0.416 e. The summed E-state index contributed by atoms with van der Waals surface area (Å²) in [5.41, 5.74) is -2.13. The van der Waals surface area contributed by atoms with Gasteiger partial charge in [0, 0.05) is 11.6 Å². The van der Waals surface area contributed by atoms with Crippen LogP contribution in [0, 0.1) is 5.41 Å². The van der Waals surface area contributed by atoms with Gasteiger partial charge >= 0.3 is 11.9 Å². The molecule has 3 aromatic rings. The lowest BCUT2D eigenvalue weighted by Crippen LogP contribution is -2.32. The standard InChI is InChI=1S/C20H17Cl2F3N4O2/c1-19(2,3)15(30)10-28-18(31)29(13-6-4-11(5-7-13)20(23,24)25)17(27-28)16-14(22)8-12(21)9-26-16/h4-9H,10H2,1-3H3. The average molecular weight is 473 g/mol. The molecule has 6 nitrogen and oxygen atoms in total. The highest BCUT2D eigenvalue weighted by atomic mass is 35.5. The van der Waals surface area contributed by atoms with E-state index in [1.54, 1.807) is 20.8 Å². The lowest BCUT2D eigenvalue weighted by Gasteiger charge is -2.15. The number of pyridine rings is 1. The van der Waals surface area contributed by atoms with Crippen LogP contribution in [-0.4, -0.2) is 25.1 Å². The summed E-state index contributed by atoms with van der Waals surface area (Å²) >= 11 is 12.1. The highest BCUT2D eigenvalue weighted by Crippen LogP contribution is 2.31. The van der Waals surface area contributed by atoms with Gasteiger partial charge in [-0.25, -0.2) is 19.0 Å². The van der Waals surface area contributed by atoms with E-state index in [4.69, 9.17) is 23.2 Å². The van der Waals surface area contributed by atoms with E-state index in [0.29, 0.717) is 0 Å². The van der Waals surface area contributed by atoms with Crippen LogP contribution in [0.15, 0.2) is 41.3 Å². The van der Waals surface area contributed by atoms with Crippen LogP contribution in [0.2, 0.25) is 10.0 Å². The van der Waals surface area contributed by atoms with Gasteiger partial charge in [0.1, 0.15) is 12.2 Å². The number of aromatic nitrogens is 4. The third-order valence-electron chi connectivity index (χ3n) is 4.44. The summed E-state index contributed by atoms with van der Waals surface area (Å²) in [6, 6.07) is 5.36. The molecule has 0 radical (unpaired) electrons. The summed E-state index contributed by atoms with van der Waals surface area (Å²) in [5.74, 6) is -0.290. The Bertz CT molecular complexity index is 1190. The molecule has 3 rings (SSSR count). The average Bonchev–Trinajstić information content (AvgIpc) is 2.96. The van der Waals surface area contributed by atoms with Crippen LogP contribution < -0.4 is 5.69 Å². The summed E-state index contributed by atoms with van der Waals surface area (Å²) in [4.78, 5) is 29.6. The molecule has 0 amide bonds. The van der Waals surface area contributed by atoms with Crippen molar-refractivity contribution >= 4 is 29.0 Å². The molecule has 0 aliphatic heterocycles. The van der Waals surface area contributed by atoms with Crippen LogP contribution in [0.5, 0.6) is 0 Å². The quantitative estimate of drug-likeness (QED) is 0.533. The third kappa shape index (κ3) is 4.83. The van der Waals surface area contributed by atoms with Crippen LogP contribution >= 0.6 is 23.2 Å². The Morgan fingerprint density at radius 1 is 1.10 bits per heavy atom. The summed E-state index contributed by atoms with van der Waals surface area (Å²) in [6.07, 6.45) is -3.24. The lowest BCUT2D eigenvalue weighted by atomic mass is 9.91. The molecular weight excluding hydrogens is 456 g/mol. The van der Waals surface area contributed by atoms with Crippen molar-refractivity contribution in [2.24, 2.45) is 5.41 Å². The highest BCUT2D eigenvalue weighted by Gasteiger charge is 2.31. The minimum Gasteiger partial charge on any atom is -0.297 e. The molecule has 0 bridgehead atoms. The van der Waals surface area contributed by atoms with Gasteiger partial charge in [-0.2, -0.15) is 13.2 Å². The number of carbonyl (C=O) groups excluding carboxylic acids is 1. The fraction of sp³-hybridized carbons (Fsp3) is 0.300. The third-order valence-corrected chi connectivity index (χ3v) is 4.94. The summed E-state index contributed by atoms with van der Waals surface area (Å²) in [6.45, 7) is 4.78. The predicted molar refractivity (Wildman–Crippen MR) is 111 cm³/mol. The van der Waals surface area contributed by atoms with E-state index in [1.165, 1.54) is 12.3 Å². The number of alkyl halides is 3. The topological polar surface area (TPSA) is 69.8 Å². The van der Waals surface area contributed by atoms with Crippen molar-refractivity contribution in [3.63, 3.8) is 0 Å². The Morgan fingerprint density at radius 2 is 1.71 bits per heavy atom. The molecule has 11 heteroatoms. The molecule has 0 atom stereocenters. The van der Waals surface area contributed by atoms with E-state index in [2.05, 4.69) is 10.1 Å². The Kier molecular flexibility index (Phi) is 6.03. The van der Waals surface area contributed by atoms with Gasteiger partial charge in [-0.3, -0.25) is 4.79 Å². The first kappa shape index (κ1) is 23.0. The molecule has 2 heterocycles. The highest BCUT2D eigenvalue weighted by molar-refractivity contribution is 6.35. The molecule has 0 saturated heterocycles. The van der Waals surface area contributed by atoms with Crippen LogP contribution in [0.4, 0.5) is 13.2 Å². The SMILES string of the molecule is CC(C)(C)C(=O)Cn1nc(-c2ncc(Cl)cc2Cl)n(-c2ccc(C(F)(F)F)cc2)c1=O. The zero-order valence-corrected chi connectivity index (χ0v) is 18.2. The number of Topliss-reactive ketones (excluding diaryl/α,β-unsaturated/α-hetero) is 1. The summed E-state index contributed by atoms with van der Waals surface area (Å²) in [5, 5.41) is 4.54. The van der Waals surface area contributed by atoms with E-state index in [0.717, 1.165) is 33.5 Å². The molecule has 0 aliphatic carbocycles. The Balaban J connectivity index is 2.20. The monoisotopic (exact) mass is 472 g/mol. The van der Waals surface area contributed by atoms with Crippen molar-refractivity contribution < 1.29 is 18.0 Å². The van der Waals surface area contributed by atoms with Gasteiger partial charge in [0.25, 0.3) is 0 Å². The Morgan fingerprint density at radius 3 is 2.23 bits per heavy atom. The number of carbonyl (C=O) groups is 1. The van der Waals surface area contributed by atoms with Crippen molar-refractivity contribution in [1.82, 2.24) is 19.3 Å².